The van der Waals surface area contributed by atoms with Gasteiger partial charge in [-0.3, -0.25) is 9.59 Å². The molecule has 3 rings (SSSR count). The quantitative estimate of drug-likeness (QED) is 0.285. The van der Waals surface area contributed by atoms with Crippen molar-refractivity contribution in [1.82, 2.24) is 15.3 Å². The molecule has 0 aliphatic heterocycles. The summed E-state index contributed by atoms with van der Waals surface area (Å²) in [5.74, 6) is -2.66. The van der Waals surface area contributed by atoms with E-state index in [9.17, 15) is 19.5 Å². The summed E-state index contributed by atoms with van der Waals surface area (Å²) < 4.78 is 0. The van der Waals surface area contributed by atoms with Crippen LogP contribution in [0.2, 0.25) is 0 Å². The number of carbonyl (C=O) groups excluding carboxylic acids is 1. The van der Waals surface area contributed by atoms with E-state index in [2.05, 4.69) is 20.6 Å². The Balaban J connectivity index is 1.68. The Morgan fingerprint density at radius 3 is 2.53 bits per heavy atom. The van der Waals surface area contributed by atoms with Gasteiger partial charge in [0.2, 0.25) is 5.95 Å². The van der Waals surface area contributed by atoms with E-state index in [1.165, 1.54) is 6.07 Å². The highest BCUT2D eigenvalue weighted by Crippen LogP contribution is 2.21. The fourth-order valence-corrected chi connectivity index (χ4v) is 3.07. The first kappa shape index (κ1) is 22.3. The van der Waals surface area contributed by atoms with Crippen molar-refractivity contribution in [3.63, 3.8) is 0 Å². The van der Waals surface area contributed by atoms with E-state index in [0.29, 0.717) is 23.1 Å². The number of nitrogens with two attached hydrogens (primary N) is 2. The molecule has 0 aliphatic carbocycles. The number of anilines is 3. The number of benzene rings is 2. The molecule has 0 unspecified atom stereocenters. The second-order valence-electron chi connectivity index (χ2n) is 7.05. The summed E-state index contributed by atoms with van der Waals surface area (Å²) in [6, 6.07) is 10.7. The first-order valence-electron chi connectivity index (χ1n) is 9.64. The number of carbonyl (C=O) groups is 3. The third-order valence-electron chi connectivity index (χ3n) is 4.68. The van der Waals surface area contributed by atoms with Crippen molar-refractivity contribution in [3.8, 4) is 0 Å². The lowest BCUT2D eigenvalue weighted by atomic mass is 10.1. The smallest absolute Gasteiger partial charge is 0.326 e. The van der Waals surface area contributed by atoms with Crippen LogP contribution in [0, 0.1) is 0 Å². The molecule has 2 aromatic carbocycles. The molecule has 3 aromatic rings. The predicted octanol–water partition coefficient (Wildman–Crippen LogP) is 1.45. The zero-order valence-electron chi connectivity index (χ0n) is 16.9. The highest BCUT2D eigenvalue weighted by molar-refractivity contribution is 5.97. The van der Waals surface area contributed by atoms with Gasteiger partial charge in [0.05, 0.1) is 5.52 Å². The number of aromatic nitrogens is 2. The number of rotatable bonds is 9. The van der Waals surface area contributed by atoms with E-state index in [1.54, 1.807) is 24.3 Å². The van der Waals surface area contributed by atoms with E-state index in [4.69, 9.17) is 16.6 Å². The van der Waals surface area contributed by atoms with Crippen molar-refractivity contribution in [3.05, 3.63) is 53.6 Å². The Labute approximate surface area is 182 Å². The average molecular weight is 438 g/mol. The van der Waals surface area contributed by atoms with Gasteiger partial charge >= 0.3 is 11.9 Å². The minimum Gasteiger partial charge on any atom is -0.481 e. The summed E-state index contributed by atoms with van der Waals surface area (Å²) in [6.45, 7) is 0.418. The summed E-state index contributed by atoms with van der Waals surface area (Å²) in [7, 11) is 0. The molecule has 0 aliphatic rings. The molecule has 11 heteroatoms. The fourth-order valence-electron chi connectivity index (χ4n) is 3.07. The lowest BCUT2D eigenvalue weighted by Gasteiger charge is -2.14. The van der Waals surface area contributed by atoms with Gasteiger partial charge in [-0.2, -0.15) is 4.98 Å². The Hall–Kier alpha value is -4.41. The van der Waals surface area contributed by atoms with Gasteiger partial charge in [-0.15, -0.1) is 0 Å². The van der Waals surface area contributed by atoms with Crippen LogP contribution in [0.4, 0.5) is 17.5 Å². The molecule has 166 valence electrons. The molecule has 0 fully saturated rings. The zero-order chi connectivity index (χ0) is 23.3. The number of carboxylic acid groups (broad SMARTS) is 2. The van der Waals surface area contributed by atoms with E-state index < -0.39 is 23.9 Å². The number of aliphatic carboxylic acids is 2. The molecule has 0 saturated carbocycles. The Bertz CT molecular complexity index is 1180. The van der Waals surface area contributed by atoms with E-state index in [-0.39, 0.29) is 30.2 Å². The highest BCUT2D eigenvalue weighted by Gasteiger charge is 2.21. The monoisotopic (exact) mass is 438 g/mol. The SMILES string of the molecule is Nc1nc(N)c2cc(CNc3cccc(C(=O)N[C@@H](CCC(=O)O)C(=O)O)c3)ccc2n1. The molecule has 1 amide bonds. The van der Waals surface area contributed by atoms with Crippen LogP contribution in [0.1, 0.15) is 28.8 Å². The van der Waals surface area contributed by atoms with Gasteiger partial charge in [0.25, 0.3) is 5.91 Å². The normalized spacial score (nSPS) is 11.6. The first-order valence-corrected chi connectivity index (χ1v) is 9.64. The maximum atomic E-state index is 12.5. The fraction of sp³-hybridized carbons (Fsp3) is 0.190. The summed E-state index contributed by atoms with van der Waals surface area (Å²) >= 11 is 0. The van der Waals surface area contributed by atoms with Crippen molar-refractivity contribution in [1.29, 1.82) is 0 Å². The second kappa shape index (κ2) is 9.60. The number of nitrogen functional groups attached to an aromatic ring is 2. The predicted molar refractivity (Wildman–Crippen MR) is 118 cm³/mol. The van der Waals surface area contributed by atoms with Crippen LogP contribution >= 0.6 is 0 Å². The maximum absolute atomic E-state index is 12.5. The minimum absolute atomic E-state index is 0.101. The van der Waals surface area contributed by atoms with Gasteiger partial charge in [-0.1, -0.05) is 12.1 Å². The number of hydrogen-bond donors (Lipinski definition) is 6. The molecule has 8 N–H and O–H groups in total. The van der Waals surface area contributed by atoms with Gasteiger partial charge in [-0.05, 0) is 42.3 Å². The molecule has 0 bridgehead atoms. The average Bonchev–Trinajstić information content (AvgIpc) is 2.75. The molecule has 11 nitrogen and oxygen atoms in total. The third kappa shape index (κ3) is 5.59. The maximum Gasteiger partial charge on any atom is 0.326 e. The van der Waals surface area contributed by atoms with Gasteiger partial charge < -0.3 is 32.3 Å². The van der Waals surface area contributed by atoms with Crippen LogP contribution in [0.5, 0.6) is 0 Å². The van der Waals surface area contributed by atoms with E-state index >= 15 is 0 Å². The molecule has 0 spiro atoms. The van der Waals surface area contributed by atoms with Crippen molar-refractivity contribution in [2.24, 2.45) is 0 Å². The van der Waals surface area contributed by atoms with Crippen LogP contribution in [0.25, 0.3) is 10.9 Å². The lowest BCUT2D eigenvalue weighted by molar-refractivity contribution is -0.140. The van der Waals surface area contributed by atoms with Crippen molar-refractivity contribution in [2.75, 3.05) is 16.8 Å². The minimum atomic E-state index is -1.30. The van der Waals surface area contributed by atoms with Crippen LogP contribution in [-0.4, -0.2) is 44.1 Å². The van der Waals surface area contributed by atoms with Crippen molar-refractivity contribution in [2.45, 2.75) is 25.4 Å². The number of hydrogen-bond acceptors (Lipinski definition) is 8. The topological polar surface area (TPSA) is 194 Å². The number of carboxylic acids is 2. The van der Waals surface area contributed by atoms with Crippen LogP contribution in [0.3, 0.4) is 0 Å². The first-order chi connectivity index (χ1) is 15.2. The van der Waals surface area contributed by atoms with Crippen molar-refractivity contribution < 1.29 is 24.6 Å². The van der Waals surface area contributed by atoms with E-state index in [0.717, 1.165) is 5.56 Å². The van der Waals surface area contributed by atoms with Crippen LogP contribution < -0.4 is 22.1 Å². The number of nitrogens with zero attached hydrogens (tertiary/aromatic N) is 2. The Morgan fingerprint density at radius 1 is 1.03 bits per heavy atom. The zero-order valence-corrected chi connectivity index (χ0v) is 16.9. The molecule has 0 radical (unpaired) electrons. The Kier molecular flexibility index (Phi) is 6.68. The Morgan fingerprint density at radius 2 is 1.81 bits per heavy atom. The van der Waals surface area contributed by atoms with Gasteiger partial charge in [0.1, 0.15) is 11.9 Å². The number of nitrogens with one attached hydrogen (secondary N) is 2. The number of amides is 1. The molecule has 32 heavy (non-hydrogen) atoms. The summed E-state index contributed by atoms with van der Waals surface area (Å²) in [5.41, 5.74) is 13.9. The molecule has 1 heterocycles. The van der Waals surface area contributed by atoms with Gasteiger partial charge in [-0.25, -0.2) is 9.78 Å². The summed E-state index contributed by atoms with van der Waals surface area (Å²) in [4.78, 5) is 42.5. The standard InChI is InChI=1S/C21H22N6O5/c22-18-14-8-11(4-5-15(14)26-21(23)27-18)10-24-13-3-1-2-12(9-13)19(30)25-16(20(31)32)6-7-17(28)29/h1-5,8-9,16,24H,6-7,10H2,(H,25,30)(H,28,29)(H,31,32)(H4,22,23,26,27)/t16-/m0/s1. The third-order valence-corrected chi connectivity index (χ3v) is 4.68. The van der Waals surface area contributed by atoms with Crippen LogP contribution in [0.15, 0.2) is 42.5 Å². The molecular weight excluding hydrogens is 416 g/mol. The molecule has 1 atom stereocenters. The molecule has 0 saturated heterocycles. The summed E-state index contributed by atoms with van der Waals surface area (Å²) in [5, 5.41) is 24.2. The largest absolute Gasteiger partial charge is 0.481 e. The van der Waals surface area contributed by atoms with Gasteiger partial charge in [0.15, 0.2) is 0 Å². The van der Waals surface area contributed by atoms with Crippen LogP contribution in [-0.2, 0) is 16.1 Å². The second-order valence-corrected chi connectivity index (χ2v) is 7.05. The molecule has 1 aromatic heterocycles. The highest BCUT2D eigenvalue weighted by atomic mass is 16.4. The van der Waals surface area contributed by atoms with Crippen molar-refractivity contribution >= 4 is 46.2 Å². The lowest BCUT2D eigenvalue weighted by Crippen LogP contribution is -2.41. The number of fused-ring (bicyclic) bond motifs is 1. The summed E-state index contributed by atoms with van der Waals surface area (Å²) in [6.07, 6.45) is -0.582. The molecular formula is C21H22N6O5. The van der Waals surface area contributed by atoms with Gasteiger partial charge in [0, 0.05) is 29.6 Å². The van der Waals surface area contributed by atoms with E-state index in [1.807, 2.05) is 12.1 Å².